The van der Waals surface area contributed by atoms with Gasteiger partial charge in [-0.3, -0.25) is 4.98 Å². The summed E-state index contributed by atoms with van der Waals surface area (Å²) in [5.74, 6) is 0.706. The minimum absolute atomic E-state index is 0.0414. The molecule has 0 amide bonds. The van der Waals surface area contributed by atoms with Crippen molar-refractivity contribution in [3.8, 4) is 67.3 Å². The van der Waals surface area contributed by atoms with Crippen molar-refractivity contribution in [2.24, 2.45) is 0 Å². The van der Waals surface area contributed by atoms with Gasteiger partial charge in [0.05, 0.1) is 11.4 Å². The van der Waals surface area contributed by atoms with Gasteiger partial charge in [0, 0.05) is 34.5 Å². The van der Waals surface area contributed by atoms with Crippen LogP contribution in [0.4, 0.5) is 0 Å². The highest BCUT2D eigenvalue weighted by atomic mass is 14.9. The van der Waals surface area contributed by atoms with Gasteiger partial charge in [0.25, 0.3) is 0 Å². The Morgan fingerprint density at radius 2 is 0.981 bits per heavy atom. The van der Waals surface area contributed by atoms with E-state index in [-0.39, 0.29) is 5.41 Å². The lowest BCUT2D eigenvalue weighted by Crippen LogP contribution is -2.14. The van der Waals surface area contributed by atoms with Gasteiger partial charge < -0.3 is 0 Å². The molecule has 0 saturated heterocycles. The first-order valence-corrected chi connectivity index (χ1v) is 18.2. The van der Waals surface area contributed by atoms with E-state index in [1.54, 1.807) is 6.20 Å². The second-order valence-corrected chi connectivity index (χ2v) is 14.5. The average Bonchev–Trinajstić information content (AvgIpc) is 3.45. The van der Waals surface area contributed by atoms with Gasteiger partial charge in [0.2, 0.25) is 0 Å². The largest absolute Gasteiger partial charge is 0.264 e. The molecule has 1 aliphatic carbocycles. The fraction of sp³-hybridized carbons (Fsp3) is 0.0600. The molecule has 0 radical (unpaired) electrons. The molecule has 0 bridgehead atoms. The van der Waals surface area contributed by atoms with E-state index in [0.717, 1.165) is 39.2 Å². The molecule has 1 aliphatic rings. The summed E-state index contributed by atoms with van der Waals surface area (Å²) in [7, 11) is 0. The summed E-state index contributed by atoms with van der Waals surface area (Å²) in [6.07, 6.45) is 3.69. The highest BCUT2D eigenvalue weighted by Crippen LogP contribution is 2.50. The number of nitrogens with zero attached hydrogens (tertiary/aromatic N) is 3. The lowest BCUT2D eigenvalue weighted by atomic mass is 9.81. The molecule has 2 aromatic heterocycles. The van der Waals surface area contributed by atoms with Crippen molar-refractivity contribution in [3.05, 3.63) is 187 Å². The normalized spacial score (nSPS) is 12.9. The van der Waals surface area contributed by atoms with Crippen molar-refractivity contribution in [2.75, 3.05) is 0 Å². The van der Waals surface area contributed by atoms with Crippen LogP contribution in [0.2, 0.25) is 0 Å². The van der Waals surface area contributed by atoms with Crippen molar-refractivity contribution in [1.29, 1.82) is 0 Å². The molecule has 0 atom stereocenters. The lowest BCUT2D eigenvalue weighted by molar-refractivity contribution is 0.661. The quantitative estimate of drug-likeness (QED) is 0.170. The molecular formula is C50H35N3. The number of pyridine rings is 1. The Morgan fingerprint density at radius 3 is 1.70 bits per heavy atom. The molecule has 0 unspecified atom stereocenters. The summed E-state index contributed by atoms with van der Waals surface area (Å²) in [5.41, 5.74) is 14.9. The second-order valence-electron chi connectivity index (χ2n) is 14.5. The van der Waals surface area contributed by atoms with Crippen molar-refractivity contribution in [2.45, 2.75) is 19.3 Å². The Kier molecular flexibility index (Phi) is 7.16. The fourth-order valence-corrected chi connectivity index (χ4v) is 8.09. The summed E-state index contributed by atoms with van der Waals surface area (Å²) >= 11 is 0. The van der Waals surface area contributed by atoms with Crippen LogP contribution in [0, 0.1) is 0 Å². The van der Waals surface area contributed by atoms with Crippen molar-refractivity contribution < 1.29 is 0 Å². The lowest BCUT2D eigenvalue weighted by Gasteiger charge is -2.22. The van der Waals surface area contributed by atoms with Gasteiger partial charge in [-0.2, -0.15) is 0 Å². The molecule has 2 heterocycles. The summed E-state index contributed by atoms with van der Waals surface area (Å²) in [6, 6.07) is 58.8. The van der Waals surface area contributed by atoms with E-state index in [9.17, 15) is 0 Å². The maximum absolute atomic E-state index is 5.08. The first-order valence-electron chi connectivity index (χ1n) is 18.2. The van der Waals surface area contributed by atoms with Crippen LogP contribution in [0.3, 0.4) is 0 Å². The zero-order chi connectivity index (χ0) is 35.5. The summed E-state index contributed by atoms with van der Waals surface area (Å²) < 4.78 is 0. The minimum Gasteiger partial charge on any atom is -0.264 e. The van der Waals surface area contributed by atoms with Crippen LogP contribution in [0.25, 0.3) is 88.8 Å². The van der Waals surface area contributed by atoms with Crippen LogP contribution in [0.15, 0.2) is 176 Å². The number of aromatic nitrogens is 3. The number of rotatable bonds is 5. The first-order chi connectivity index (χ1) is 26.0. The molecule has 0 aliphatic heterocycles. The Labute approximate surface area is 309 Å². The summed E-state index contributed by atoms with van der Waals surface area (Å²) in [5, 5.41) is 5.11. The number of fused-ring (bicyclic) bond motifs is 6. The Bertz CT molecular complexity index is 2820. The summed E-state index contributed by atoms with van der Waals surface area (Å²) in [6.45, 7) is 4.70. The van der Waals surface area contributed by atoms with E-state index in [4.69, 9.17) is 9.97 Å². The molecule has 0 spiro atoms. The van der Waals surface area contributed by atoms with E-state index in [0.29, 0.717) is 5.82 Å². The van der Waals surface area contributed by atoms with Gasteiger partial charge in [-0.05, 0) is 96.4 Å². The number of hydrogen-bond donors (Lipinski definition) is 0. The Hall–Kier alpha value is -6.71. The fourth-order valence-electron chi connectivity index (χ4n) is 8.09. The SMILES string of the molecule is CC1(C)c2ccccc2-c2cc3ccc4ccc(-c5ccc(-c6cc(-c7ccc(-c8cccnc8)cc7)nc(-c7ccccc7)n6)cc5)cc4c3cc21. The topological polar surface area (TPSA) is 38.7 Å². The van der Waals surface area contributed by atoms with Crippen LogP contribution < -0.4 is 0 Å². The third-order valence-corrected chi connectivity index (χ3v) is 11.0. The third-order valence-electron chi connectivity index (χ3n) is 11.0. The van der Waals surface area contributed by atoms with E-state index in [1.807, 2.05) is 30.5 Å². The molecular weight excluding hydrogens is 643 g/mol. The second kappa shape index (κ2) is 12.2. The first kappa shape index (κ1) is 31.1. The van der Waals surface area contributed by atoms with Gasteiger partial charge >= 0.3 is 0 Å². The predicted octanol–water partition coefficient (Wildman–Crippen LogP) is 12.8. The van der Waals surface area contributed by atoms with E-state index in [1.165, 1.54) is 54.9 Å². The number of benzene rings is 7. The number of hydrogen-bond acceptors (Lipinski definition) is 3. The zero-order valence-corrected chi connectivity index (χ0v) is 29.6. The van der Waals surface area contributed by atoms with Crippen molar-refractivity contribution in [3.63, 3.8) is 0 Å². The third kappa shape index (κ3) is 5.32. The molecule has 0 N–H and O–H groups in total. The zero-order valence-electron chi connectivity index (χ0n) is 29.6. The van der Waals surface area contributed by atoms with E-state index >= 15 is 0 Å². The van der Waals surface area contributed by atoms with Gasteiger partial charge in [0.1, 0.15) is 0 Å². The monoisotopic (exact) mass is 677 g/mol. The van der Waals surface area contributed by atoms with Crippen LogP contribution in [0.1, 0.15) is 25.0 Å². The van der Waals surface area contributed by atoms with Gasteiger partial charge in [0.15, 0.2) is 5.82 Å². The predicted molar refractivity (Wildman–Crippen MR) is 220 cm³/mol. The highest BCUT2D eigenvalue weighted by Gasteiger charge is 2.35. The maximum atomic E-state index is 5.08. The summed E-state index contributed by atoms with van der Waals surface area (Å²) in [4.78, 5) is 14.4. The average molecular weight is 678 g/mol. The van der Waals surface area contributed by atoms with Crippen molar-refractivity contribution >= 4 is 21.5 Å². The van der Waals surface area contributed by atoms with Crippen LogP contribution >= 0.6 is 0 Å². The standard InChI is InChI=1S/C50H35N3/c1-50(2)45-13-7-6-12-41(45)44-28-39-25-19-34-18-24-38(27-42(34)43(39)29-46(44)50)32-14-20-35(21-15-32)47-30-48(53-49(52-47)37-9-4-3-5-10-37)36-22-16-33(17-23-36)40-11-8-26-51-31-40/h3-31H,1-2H3. The molecule has 53 heavy (non-hydrogen) atoms. The molecule has 0 saturated carbocycles. The molecule has 3 nitrogen and oxygen atoms in total. The molecule has 250 valence electrons. The van der Waals surface area contributed by atoms with E-state index < -0.39 is 0 Å². The van der Waals surface area contributed by atoms with Gasteiger partial charge in [-0.15, -0.1) is 0 Å². The maximum Gasteiger partial charge on any atom is 0.160 e. The van der Waals surface area contributed by atoms with E-state index in [2.05, 4.69) is 158 Å². The van der Waals surface area contributed by atoms with Crippen LogP contribution in [-0.4, -0.2) is 15.0 Å². The van der Waals surface area contributed by atoms with Gasteiger partial charge in [-0.1, -0.05) is 147 Å². The van der Waals surface area contributed by atoms with Crippen molar-refractivity contribution in [1.82, 2.24) is 15.0 Å². The van der Waals surface area contributed by atoms with Gasteiger partial charge in [-0.25, -0.2) is 9.97 Å². The smallest absolute Gasteiger partial charge is 0.160 e. The molecule has 9 aromatic rings. The molecule has 7 aromatic carbocycles. The highest BCUT2D eigenvalue weighted by molar-refractivity contribution is 6.11. The Morgan fingerprint density at radius 1 is 0.396 bits per heavy atom. The minimum atomic E-state index is -0.0414. The van der Waals surface area contributed by atoms with Crippen LogP contribution in [0.5, 0.6) is 0 Å². The Balaban J connectivity index is 1.03. The van der Waals surface area contributed by atoms with Crippen LogP contribution in [-0.2, 0) is 5.41 Å². The molecule has 3 heteroatoms. The molecule has 10 rings (SSSR count). The molecule has 0 fully saturated rings.